The molecule has 0 bridgehead atoms. The maximum Gasteiger partial charge on any atom is 0.242 e. The van der Waals surface area contributed by atoms with E-state index in [1.54, 1.807) is 25.1 Å². The van der Waals surface area contributed by atoms with Crippen molar-refractivity contribution in [1.29, 1.82) is 0 Å². The van der Waals surface area contributed by atoms with Crippen LogP contribution in [0, 0.1) is 0 Å². The van der Waals surface area contributed by atoms with Crippen molar-refractivity contribution in [2.75, 3.05) is 12.3 Å². The Labute approximate surface area is 190 Å². The third kappa shape index (κ3) is 7.10. The summed E-state index contributed by atoms with van der Waals surface area (Å²) in [5.74, 6) is 0.483. The Kier molecular flexibility index (Phi) is 9.63. The Morgan fingerprint density at radius 1 is 1.10 bits per heavy atom. The molecule has 1 atom stereocenters. The number of hydrogen-bond acceptors (Lipinski definition) is 3. The number of halogens is 3. The summed E-state index contributed by atoms with van der Waals surface area (Å²) in [5.41, 5.74) is 1.66. The summed E-state index contributed by atoms with van der Waals surface area (Å²) in [6.45, 7) is 4.19. The summed E-state index contributed by atoms with van der Waals surface area (Å²) in [6, 6.07) is 12.1. The summed E-state index contributed by atoms with van der Waals surface area (Å²) in [4.78, 5) is 26.9. The van der Waals surface area contributed by atoms with E-state index in [9.17, 15) is 9.59 Å². The number of amides is 2. The van der Waals surface area contributed by atoms with Gasteiger partial charge in [0.15, 0.2) is 0 Å². The van der Waals surface area contributed by atoms with Crippen LogP contribution in [0.3, 0.4) is 0 Å². The maximum absolute atomic E-state index is 13.0. The normalized spacial score (nSPS) is 11.8. The molecule has 8 heteroatoms. The van der Waals surface area contributed by atoms with Gasteiger partial charge in [0.05, 0.1) is 5.75 Å². The molecule has 0 unspecified atom stereocenters. The van der Waals surface area contributed by atoms with Crippen molar-refractivity contribution in [3.63, 3.8) is 0 Å². The summed E-state index contributed by atoms with van der Waals surface area (Å²) in [6.07, 6.45) is 0. The Morgan fingerprint density at radius 3 is 2.38 bits per heavy atom. The van der Waals surface area contributed by atoms with Gasteiger partial charge in [-0.2, -0.15) is 0 Å². The van der Waals surface area contributed by atoms with Crippen LogP contribution < -0.4 is 5.32 Å². The molecule has 4 nitrogen and oxygen atoms in total. The lowest BCUT2D eigenvalue weighted by atomic mass is 10.1. The molecule has 0 aliphatic rings. The maximum atomic E-state index is 13.0. The lowest BCUT2D eigenvalue weighted by molar-refractivity contribution is -0.138. The standard InChI is InChI=1S/C21H23Cl3N2O2S/c1-3-25-21(28)14(2)26(11-17-18(23)8-5-9-19(17)24)20(27)13-29-12-15-6-4-7-16(22)10-15/h4-10,14H,3,11-13H2,1-2H3,(H,25,28)/t14-/m0/s1. The van der Waals surface area contributed by atoms with Gasteiger partial charge in [-0.15, -0.1) is 11.8 Å². The molecule has 0 aliphatic heterocycles. The number of benzene rings is 2. The van der Waals surface area contributed by atoms with E-state index in [1.807, 2.05) is 31.2 Å². The molecule has 1 N–H and O–H groups in total. The first kappa shape index (κ1) is 23.9. The van der Waals surface area contributed by atoms with E-state index in [-0.39, 0.29) is 24.1 Å². The van der Waals surface area contributed by atoms with Gasteiger partial charge in [-0.3, -0.25) is 9.59 Å². The molecule has 0 radical (unpaired) electrons. The van der Waals surface area contributed by atoms with Gasteiger partial charge < -0.3 is 10.2 Å². The summed E-state index contributed by atoms with van der Waals surface area (Å²) in [5, 5.41) is 4.35. The zero-order chi connectivity index (χ0) is 21.4. The Morgan fingerprint density at radius 2 is 1.76 bits per heavy atom. The van der Waals surface area contributed by atoms with Gasteiger partial charge in [-0.05, 0) is 43.7 Å². The van der Waals surface area contributed by atoms with E-state index in [0.29, 0.717) is 32.9 Å². The number of carbonyl (C=O) groups excluding carboxylic acids is 2. The number of nitrogens with one attached hydrogen (secondary N) is 1. The second-order valence-electron chi connectivity index (χ2n) is 6.42. The van der Waals surface area contributed by atoms with Crippen molar-refractivity contribution in [1.82, 2.24) is 10.2 Å². The van der Waals surface area contributed by atoms with Crippen LogP contribution in [-0.2, 0) is 21.9 Å². The Hall–Kier alpha value is -1.40. The minimum absolute atomic E-state index is 0.160. The number of hydrogen-bond donors (Lipinski definition) is 1. The zero-order valence-corrected chi connectivity index (χ0v) is 19.3. The molecule has 156 valence electrons. The van der Waals surface area contributed by atoms with Gasteiger partial charge in [0.1, 0.15) is 6.04 Å². The topological polar surface area (TPSA) is 49.4 Å². The fourth-order valence-corrected chi connectivity index (χ4v) is 4.31. The second kappa shape index (κ2) is 11.7. The quantitative estimate of drug-likeness (QED) is 0.528. The van der Waals surface area contributed by atoms with E-state index in [2.05, 4.69) is 5.32 Å². The highest BCUT2D eigenvalue weighted by Crippen LogP contribution is 2.27. The van der Waals surface area contributed by atoms with Crippen molar-refractivity contribution in [3.8, 4) is 0 Å². The first-order valence-corrected chi connectivity index (χ1v) is 11.4. The molecule has 0 saturated heterocycles. The second-order valence-corrected chi connectivity index (χ2v) is 8.65. The molecular formula is C21H23Cl3N2O2S. The van der Waals surface area contributed by atoms with Crippen molar-refractivity contribution in [2.24, 2.45) is 0 Å². The number of thioether (sulfide) groups is 1. The number of carbonyl (C=O) groups is 2. The molecule has 2 aromatic carbocycles. The van der Waals surface area contributed by atoms with Gasteiger partial charge in [-0.25, -0.2) is 0 Å². The van der Waals surface area contributed by atoms with Crippen LogP contribution in [-0.4, -0.2) is 35.1 Å². The van der Waals surface area contributed by atoms with Crippen LogP contribution in [0.15, 0.2) is 42.5 Å². The molecular weight excluding hydrogens is 451 g/mol. The molecule has 2 aromatic rings. The largest absolute Gasteiger partial charge is 0.355 e. The first-order valence-electron chi connectivity index (χ1n) is 9.15. The van der Waals surface area contributed by atoms with Crippen molar-refractivity contribution in [2.45, 2.75) is 32.2 Å². The van der Waals surface area contributed by atoms with Crippen LogP contribution in [0.25, 0.3) is 0 Å². The zero-order valence-electron chi connectivity index (χ0n) is 16.3. The Bertz CT molecular complexity index is 843. The van der Waals surface area contributed by atoms with Crippen LogP contribution >= 0.6 is 46.6 Å². The molecule has 0 aromatic heterocycles. The third-order valence-corrected chi connectivity index (χ3v) is 6.22. The molecule has 0 fully saturated rings. The monoisotopic (exact) mass is 472 g/mol. The van der Waals surface area contributed by atoms with Crippen LogP contribution in [0.5, 0.6) is 0 Å². The lowest BCUT2D eigenvalue weighted by Crippen LogP contribution is -2.48. The fourth-order valence-electron chi connectivity index (χ4n) is 2.72. The minimum atomic E-state index is -0.651. The van der Waals surface area contributed by atoms with E-state index in [1.165, 1.54) is 16.7 Å². The number of likely N-dealkylation sites (N-methyl/N-ethyl adjacent to an activating group) is 1. The lowest BCUT2D eigenvalue weighted by Gasteiger charge is -2.29. The predicted octanol–water partition coefficient (Wildman–Crippen LogP) is 5.43. The predicted molar refractivity (Wildman–Crippen MR) is 123 cm³/mol. The highest BCUT2D eigenvalue weighted by Gasteiger charge is 2.27. The number of nitrogens with zero attached hydrogens (tertiary/aromatic N) is 1. The van der Waals surface area contributed by atoms with Gasteiger partial charge in [0, 0.05) is 39.5 Å². The first-order chi connectivity index (χ1) is 13.8. The molecule has 0 spiro atoms. The third-order valence-electron chi connectivity index (χ3n) is 4.29. The van der Waals surface area contributed by atoms with Crippen molar-refractivity contribution < 1.29 is 9.59 Å². The fraction of sp³-hybridized carbons (Fsp3) is 0.333. The van der Waals surface area contributed by atoms with Gasteiger partial charge in [0.25, 0.3) is 0 Å². The average molecular weight is 474 g/mol. The van der Waals surface area contributed by atoms with Crippen LogP contribution in [0.4, 0.5) is 0 Å². The van der Waals surface area contributed by atoms with E-state index < -0.39 is 6.04 Å². The molecule has 2 rings (SSSR count). The highest BCUT2D eigenvalue weighted by molar-refractivity contribution is 7.99. The summed E-state index contributed by atoms with van der Waals surface area (Å²) < 4.78 is 0. The minimum Gasteiger partial charge on any atom is -0.355 e. The SMILES string of the molecule is CCNC(=O)[C@H](C)N(Cc1c(Cl)cccc1Cl)C(=O)CSCc1cccc(Cl)c1. The number of rotatable bonds is 9. The molecule has 29 heavy (non-hydrogen) atoms. The Balaban J connectivity index is 2.12. The van der Waals surface area contributed by atoms with Crippen LogP contribution in [0.2, 0.25) is 15.1 Å². The molecule has 0 saturated carbocycles. The highest BCUT2D eigenvalue weighted by atomic mass is 35.5. The average Bonchev–Trinajstić information content (AvgIpc) is 2.67. The van der Waals surface area contributed by atoms with Crippen molar-refractivity contribution in [3.05, 3.63) is 68.7 Å². The van der Waals surface area contributed by atoms with E-state index >= 15 is 0 Å². The van der Waals surface area contributed by atoms with E-state index in [4.69, 9.17) is 34.8 Å². The smallest absolute Gasteiger partial charge is 0.242 e. The van der Waals surface area contributed by atoms with E-state index in [0.717, 1.165) is 5.56 Å². The van der Waals surface area contributed by atoms with Crippen LogP contribution in [0.1, 0.15) is 25.0 Å². The molecule has 0 heterocycles. The summed E-state index contributed by atoms with van der Waals surface area (Å²) >= 11 is 20.0. The summed E-state index contributed by atoms with van der Waals surface area (Å²) in [7, 11) is 0. The van der Waals surface area contributed by atoms with Crippen molar-refractivity contribution >= 4 is 58.4 Å². The van der Waals surface area contributed by atoms with Gasteiger partial charge in [-0.1, -0.05) is 53.0 Å². The molecule has 2 amide bonds. The van der Waals surface area contributed by atoms with Gasteiger partial charge >= 0.3 is 0 Å². The molecule has 0 aliphatic carbocycles. The van der Waals surface area contributed by atoms with Gasteiger partial charge in [0.2, 0.25) is 11.8 Å².